The van der Waals surface area contributed by atoms with Gasteiger partial charge in [-0.1, -0.05) is 0 Å². The molecule has 1 aliphatic heterocycles. The van der Waals surface area contributed by atoms with E-state index in [9.17, 15) is 18.0 Å². The first-order valence-corrected chi connectivity index (χ1v) is 7.42. The van der Waals surface area contributed by atoms with E-state index in [1.165, 1.54) is 0 Å². The molecule has 2 N–H and O–H groups in total. The van der Waals surface area contributed by atoms with Gasteiger partial charge in [0.05, 0.1) is 12.5 Å². The Kier molecular flexibility index (Phi) is 6.46. The molecule has 21 heavy (non-hydrogen) atoms. The zero-order valence-electron chi connectivity index (χ0n) is 12.7. The highest BCUT2D eigenvalue weighted by Gasteiger charge is 2.41. The first kappa shape index (κ1) is 18.2. The van der Waals surface area contributed by atoms with Crippen molar-refractivity contribution < 1.29 is 22.7 Å². The third kappa shape index (κ3) is 5.82. The molecule has 0 aliphatic carbocycles. The number of carbonyl (C=O) groups is 1. The molecule has 0 saturated carbocycles. The van der Waals surface area contributed by atoms with Gasteiger partial charge in [-0.25, -0.2) is 0 Å². The molecule has 0 bridgehead atoms. The molecule has 0 amide bonds. The summed E-state index contributed by atoms with van der Waals surface area (Å²) in [4.78, 5) is 13.6. The van der Waals surface area contributed by atoms with Crippen molar-refractivity contribution in [2.45, 2.75) is 51.2 Å². The molecule has 0 radical (unpaired) electrons. The van der Waals surface area contributed by atoms with Gasteiger partial charge in [0.15, 0.2) is 0 Å². The average Bonchev–Trinajstić information content (AvgIpc) is 2.38. The van der Waals surface area contributed by atoms with Crippen molar-refractivity contribution in [2.24, 2.45) is 11.7 Å². The van der Waals surface area contributed by atoms with Gasteiger partial charge in [0.1, 0.15) is 5.54 Å². The van der Waals surface area contributed by atoms with E-state index in [0.29, 0.717) is 32.5 Å². The molecular weight excluding hydrogens is 285 g/mol. The molecule has 0 spiro atoms. The van der Waals surface area contributed by atoms with E-state index in [-0.39, 0.29) is 19.4 Å². The largest absolute Gasteiger partial charge is 0.465 e. The summed E-state index contributed by atoms with van der Waals surface area (Å²) >= 11 is 0. The second kappa shape index (κ2) is 7.45. The lowest BCUT2D eigenvalue weighted by atomic mass is 9.94. The lowest BCUT2D eigenvalue weighted by molar-refractivity contribution is -0.185. The lowest BCUT2D eigenvalue weighted by Crippen LogP contribution is -2.47. The van der Waals surface area contributed by atoms with Gasteiger partial charge < -0.3 is 15.4 Å². The minimum atomic E-state index is -4.08. The fourth-order valence-electron chi connectivity index (χ4n) is 2.55. The highest BCUT2D eigenvalue weighted by Crippen LogP contribution is 2.34. The Morgan fingerprint density at radius 1 is 1.33 bits per heavy atom. The van der Waals surface area contributed by atoms with Crippen molar-refractivity contribution in [3.63, 3.8) is 0 Å². The predicted molar refractivity (Wildman–Crippen MR) is 73.7 cm³/mol. The van der Waals surface area contributed by atoms with E-state index in [1.54, 1.807) is 13.8 Å². The number of nitrogens with two attached hydrogens (primary N) is 1. The molecule has 1 aliphatic rings. The van der Waals surface area contributed by atoms with Gasteiger partial charge in [-0.15, -0.1) is 0 Å². The zero-order chi connectivity index (χ0) is 16.1. The highest BCUT2D eigenvalue weighted by molar-refractivity contribution is 5.79. The molecule has 4 nitrogen and oxygen atoms in total. The minimum Gasteiger partial charge on any atom is -0.465 e. The topological polar surface area (TPSA) is 55.6 Å². The third-order valence-corrected chi connectivity index (χ3v) is 3.96. The molecule has 0 aromatic carbocycles. The molecule has 1 unspecified atom stereocenters. The first-order valence-electron chi connectivity index (χ1n) is 7.42. The summed E-state index contributed by atoms with van der Waals surface area (Å²) in [5, 5.41) is 0. The number of ether oxygens (including phenoxy) is 1. The SMILES string of the molecule is CCOC(=O)C(C)(N)CCCN1CCC(C(F)(F)F)CC1. The Morgan fingerprint density at radius 2 is 1.90 bits per heavy atom. The summed E-state index contributed by atoms with van der Waals surface area (Å²) in [6, 6.07) is 0. The van der Waals surface area contributed by atoms with Crippen LogP contribution in [0.4, 0.5) is 13.2 Å². The van der Waals surface area contributed by atoms with Crippen molar-refractivity contribution in [3.8, 4) is 0 Å². The van der Waals surface area contributed by atoms with Gasteiger partial charge >= 0.3 is 12.1 Å². The molecular formula is C14H25F3N2O2. The summed E-state index contributed by atoms with van der Waals surface area (Å²) in [6.07, 6.45) is -2.64. The van der Waals surface area contributed by atoms with Crippen molar-refractivity contribution >= 4 is 5.97 Å². The lowest BCUT2D eigenvalue weighted by Gasteiger charge is -2.33. The molecule has 1 fully saturated rings. The maximum absolute atomic E-state index is 12.6. The number of likely N-dealkylation sites (tertiary alicyclic amines) is 1. The van der Waals surface area contributed by atoms with Gasteiger partial charge in [0.25, 0.3) is 0 Å². The van der Waals surface area contributed by atoms with Crippen LogP contribution in [0.5, 0.6) is 0 Å². The number of halogens is 3. The van der Waals surface area contributed by atoms with E-state index in [0.717, 1.165) is 0 Å². The maximum Gasteiger partial charge on any atom is 0.391 e. The number of rotatable bonds is 6. The predicted octanol–water partition coefficient (Wildman–Crippen LogP) is 2.32. The summed E-state index contributed by atoms with van der Waals surface area (Å²) in [5.41, 5.74) is 4.87. The van der Waals surface area contributed by atoms with Gasteiger partial charge in [0, 0.05) is 0 Å². The third-order valence-electron chi connectivity index (χ3n) is 3.96. The number of nitrogens with zero attached hydrogens (tertiary/aromatic N) is 1. The molecule has 1 rings (SSSR count). The van der Waals surface area contributed by atoms with E-state index < -0.39 is 23.6 Å². The van der Waals surface area contributed by atoms with Crippen LogP contribution in [0.3, 0.4) is 0 Å². The fraction of sp³-hybridized carbons (Fsp3) is 0.929. The van der Waals surface area contributed by atoms with Crippen molar-refractivity contribution in [1.29, 1.82) is 0 Å². The van der Waals surface area contributed by atoms with Gasteiger partial charge in [-0.05, 0) is 59.2 Å². The van der Waals surface area contributed by atoms with Crippen LogP contribution in [-0.2, 0) is 9.53 Å². The Morgan fingerprint density at radius 3 is 2.38 bits per heavy atom. The summed E-state index contributed by atoms with van der Waals surface area (Å²) in [6.45, 7) is 5.20. The number of hydrogen-bond acceptors (Lipinski definition) is 4. The van der Waals surface area contributed by atoms with Crippen LogP contribution >= 0.6 is 0 Å². The second-order valence-corrected chi connectivity index (χ2v) is 5.90. The Hall–Kier alpha value is -0.820. The monoisotopic (exact) mass is 310 g/mol. The maximum atomic E-state index is 12.6. The Balaban J connectivity index is 2.27. The van der Waals surface area contributed by atoms with Crippen LogP contribution in [0, 0.1) is 5.92 Å². The van der Waals surface area contributed by atoms with Gasteiger partial charge in [-0.2, -0.15) is 13.2 Å². The molecule has 0 aromatic rings. The second-order valence-electron chi connectivity index (χ2n) is 5.90. The van der Waals surface area contributed by atoms with E-state index >= 15 is 0 Å². The molecule has 1 saturated heterocycles. The van der Waals surface area contributed by atoms with Crippen molar-refractivity contribution in [3.05, 3.63) is 0 Å². The molecule has 124 valence electrons. The Bertz CT molecular complexity index is 338. The smallest absolute Gasteiger partial charge is 0.391 e. The number of hydrogen-bond donors (Lipinski definition) is 1. The van der Waals surface area contributed by atoms with Crippen LogP contribution in [0.15, 0.2) is 0 Å². The van der Waals surface area contributed by atoms with E-state index in [4.69, 9.17) is 10.5 Å². The average molecular weight is 310 g/mol. The molecule has 1 atom stereocenters. The number of carbonyl (C=O) groups excluding carboxylic acids is 1. The number of alkyl halides is 3. The normalized spacial score (nSPS) is 21.0. The quantitative estimate of drug-likeness (QED) is 0.765. The fourth-order valence-corrected chi connectivity index (χ4v) is 2.55. The summed E-state index contributed by atoms with van der Waals surface area (Å²) in [5.74, 6) is -1.60. The van der Waals surface area contributed by atoms with Crippen molar-refractivity contribution in [2.75, 3.05) is 26.2 Å². The number of piperidine rings is 1. The van der Waals surface area contributed by atoms with Gasteiger partial charge in [0.2, 0.25) is 0 Å². The highest BCUT2D eigenvalue weighted by atomic mass is 19.4. The Labute approximate surface area is 123 Å². The number of esters is 1. The zero-order valence-corrected chi connectivity index (χ0v) is 12.7. The van der Waals surface area contributed by atoms with Crippen molar-refractivity contribution in [1.82, 2.24) is 4.90 Å². The minimum absolute atomic E-state index is 0.154. The standard InChI is InChI=1S/C14H25F3N2O2/c1-3-21-12(20)13(2,18)7-4-8-19-9-5-11(6-10-19)14(15,16)17/h11H,3-10,18H2,1-2H3. The van der Waals surface area contributed by atoms with E-state index in [1.807, 2.05) is 4.90 Å². The van der Waals surface area contributed by atoms with Crippen LogP contribution in [-0.4, -0.2) is 48.8 Å². The molecule has 0 aromatic heterocycles. The van der Waals surface area contributed by atoms with Crippen LogP contribution in [0.2, 0.25) is 0 Å². The van der Waals surface area contributed by atoms with Crippen LogP contribution < -0.4 is 5.73 Å². The summed E-state index contributed by atoms with van der Waals surface area (Å²) < 4.78 is 42.6. The molecule has 1 heterocycles. The van der Waals surface area contributed by atoms with E-state index in [2.05, 4.69) is 0 Å². The van der Waals surface area contributed by atoms with Gasteiger partial charge in [-0.3, -0.25) is 4.79 Å². The van der Waals surface area contributed by atoms with Crippen LogP contribution in [0.1, 0.15) is 39.5 Å². The first-order chi connectivity index (χ1) is 9.66. The molecule has 7 heteroatoms. The summed E-state index contributed by atoms with van der Waals surface area (Å²) in [7, 11) is 0. The van der Waals surface area contributed by atoms with Crippen LogP contribution in [0.25, 0.3) is 0 Å².